The maximum Gasteiger partial charge on any atom is 0.132 e. The number of rotatable bonds is 54. The molecule has 0 aliphatic carbocycles. The molecular weight excluding hydrogens is 819 g/mol. The zero-order valence-electron chi connectivity index (χ0n) is 46.5. The fraction of sp³-hybridized carbons (Fsp3) is 0.921. The Bertz CT molecular complexity index is 985. The lowest BCUT2D eigenvalue weighted by Crippen LogP contribution is -2.17. The van der Waals surface area contributed by atoms with Gasteiger partial charge in [-0.3, -0.25) is 4.79 Å². The molecule has 1 heterocycles. The van der Waals surface area contributed by atoms with Crippen molar-refractivity contribution in [2.45, 2.75) is 317 Å². The second-order valence-corrected chi connectivity index (χ2v) is 22.4. The predicted molar refractivity (Wildman–Crippen MR) is 297 cm³/mol. The number of Topliss-reactive ketones (excluding diaryl/α,β-unsaturated/α-hetero) is 1. The van der Waals surface area contributed by atoms with Crippen LogP contribution >= 0.6 is 0 Å². The Labute approximate surface area is 421 Å². The first-order valence-corrected chi connectivity index (χ1v) is 30.6. The summed E-state index contributed by atoms with van der Waals surface area (Å²) in [4.78, 5) is 15.5. The summed E-state index contributed by atoms with van der Waals surface area (Å²) in [6.07, 6.45) is 58.5. The summed E-state index contributed by atoms with van der Waals surface area (Å²) < 4.78 is 12.8. The van der Waals surface area contributed by atoms with Gasteiger partial charge in [-0.2, -0.15) is 0 Å². The number of allylic oxidation sites excluding steroid dienone is 1. The molecule has 4 nitrogen and oxygen atoms in total. The number of nitrogens with zero attached hydrogens (tertiary/aromatic N) is 1. The van der Waals surface area contributed by atoms with E-state index in [9.17, 15) is 4.79 Å². The quantitative estimate of drug-likeness (QED) is 0.0450. The van der Waals surface area contributed by atoms with Crippen LogP contribution in [0.3, 0.4) is 0 Å². The van der Waals surface area contributed by atoms with Crippen molar-refractivity contribution in [3.8, 4) is 0 Å². The van der Waals surface area contributed by atoms with Crippen molar-refractivity contribution in [3.63, 3.8) is 0 Å². The lowest BCUT2D eigenvalue weighted by molar-refractivity contribution is -0.119. The smallest absolute Gasteiger partial charge is 0.132 e. The highest BCUT2D eigenvalue weighted by atomic mass is 16.5. The van der Waals surface area contributed by atoms with Gasteiger partial charge in [-0.25, -0.2) is 0 Å². The maximum atomic E-state index is 13.2. The summed E-state index contributed by atoms with van der Waals surface area (Å²) in [5.41, 5.74) is 0. The number of likely N-dealkylation sites (tertiary alicyclic amines) is 1. The van der Waals surface area contributed by atoms with Crippen LogP contribution in [0.5, 0.6) is 0 Å². The summed E-state index contributed by atoms with van der Waals surface area (Å²) in [6, 6.07) is 0. The van der Waals surface area contributed by atoms with Crippen molar-refractivity contribution in [1.29, 1.82) is 0 Å². The second kappa shape index (κ2) is 48.3. The van der Waals surface area contributed by atoms with E-state index in [1.54, 1.807) is 0 Å². The molecule has 0 aromatic rings. The summed E-state index contributed by atoms with van der Waals surface area (Å²) in [7, 11) is 2.20. The monoisotopic (exact) mass is 940 g/mol. The van der Waals surface area contributed by atoms with Crippen molar-refractivity contribution in [2.75, 3.05) is 33.4 Å². The van der Waals surface area contributed by atoms with Gasteiger partial charge in [0.1, 0.15) is 5.78 Å². The van der Waals surface area contributed by atoms with E-state index in [0.29, 0.717) is 17.6 Å². The molecule has 0 spiro atoms. The Morgan fingerprint density at radius 3 is 1.24 bits per heavy atom. The number of carbonyl (C=O) groups excluding carboxylic acids is 1. The highest BCUT2D eigenvalue weighted by Crippen LogP contribution is 2.28. The molecule has 0 N–H and O–H groups in total. The molecule has 396 valence electrons. The van der Waals surface area contributed by atoms with Crippen molar-refractivity contribution >= 4 is 5.78 Å². The van der Waals surface area contributed by atoms with E-state index in [-0.39, 0.29) is 0 Å². The molecular formula is C63H121NO3. The SMILES string of the molecule is C=C(CCCCC(CCCCC(=O)CCCC(CCCCCCCCC)CCCCCCCCC)COC(=C)C1CCN(C)C1)OCCC(CCCCCCCCC)CCCCCCCCC. The molecule has 1 fully saturated rings. The minimum absolute atomic E-state index is 0.458. The highest BCUT2D eigenvalue weighted by molar-refractivity contribution is 5.78. The lowest BCUT2D eigenvalue weighted by Gasteiger charge is -2.21. The van der Waals surface area contributed by atoms with Crippen LogP contribution in [0, 0.1) is 23.7 Å². The van der Waals surface area contributed by atoms with Crippen molar-refractivity contribution in [2.24, 2.45) is 23.7 Å². The Hall–Kier alpha value is -1.29. The van der Waals surface area contributed by atoms with Gasteiger partial charge in [-0.15, -0.1) is 0 Å². The number of carbonyl (C=O) groups is 1. The third kappa shape index (κ3) is 41.1. The largest absolute Gasteiger partial charge is 0.499 e. The standard InChI is InChI=1S/C63H121NO3/c1-8-12-16-20-24-28-32-42-59(43-33-29-25-21-17-13-9-2)48-40-50-63(65)49-39-38-47-61(56-67-58(6)62-51-53-64(7)55-62)46-37-36-41-57(5)66-54-52-60(44-34-30-26-22-18-14-10-3)45-35-31-27-23-19-15-11-4/h59-62H,5-6,8-56H2,1-4,7H3. The summed E-state index contributed by atoms with van der Waals surface area (Å²) in [5, 5.41) is 0. The Morgan fingerprint density at radius 1 is 0.448 bits per heavy atom. The number of hydrogen-bond donors (Lipinski definition) is 0. The summed E-state index contributed by atoms with van der Waals surface area (Å²) in [6.45, 7) is 21.8. The second-order valence-electron chi connectivity index (χ2n) is 22.4. The van der Waals surface area contributed by atoms with E-state index in [2.05, 4.69) is 52.8 Å². The molecule has 0 bridgehead atoms. The third-order valence-corrected chi connectivity index (χ3v) is 15.8. The van der Waals surface area contributed by atoms with Gasteiger partial charge < -0.3 is 14.4 Å². The first-order valence-electron chi connectivity index (χ1n) is 30.6. The average Bonchev–Trinajstić information content (AvgIpc) is 3.77. The molecule has 0 saturated carbocycles. The van der Waals surface area contributed by atoms with Gasteiger partial charge in [0, 0.05) is 31.7 Å². The molecule has 1 rings (SSSR count). The summed E-state index contributed by atoms with van der Waals surface area (Å²) in [5.74, 6) is 5.06. The van der Waals surface area contributed by atoms with Crippen LogP contribution in [0.1, 0.15) is 317 Å². The van der Waals surface area contributed by atoms with Crippen LogP contribution in [0.4, 0.5) is 0 Å². The fourth-order valence-corrected chi connectivity index (χ4v) is 10.9. The number of hydrogen-bond acceptors (Lipinski definition) is 4. The van der Waals surface area contributed by atoms with Crippen molar-refractivity contribution in [3.05, 3.63) is 24.7 Å². The third-order valence-electron chi connectivity index (χ3n) is 15.8. The van der Waals surface area contributed by atoms with Gasteiger partial charge in [0.2, 0.25) is 0 Å². The van der Waals surface area contributed by atoms with Crippen LogP contribution < -0.4 is 0 Å². The fourth-order valence-electron chi connectivity index (χ4n) is 10.9. The van der Waals surface area contributed by atoms with Gasteiger partial charge in [-0.1, -0.05) is 266 Å². The van der Waals surface area contributed by atoms with E-state index < -0.39 is 0 Å². The van der Waals surface area contributed by atoms with Gasteiger partial charge in [0.15, 0.2) is 0 Å². The molecule has 0 radical (unpaired) electrons. The molecule has 1 aliphatic heterocycles. The molecule has 2 atom stereocenters. The normalized spacial score (nSPS) is 14.7. The molecule has 4 heteroatoms. The van der Waals surface area contributed by atoms with Crippen LogP contribution in [0.15, 0.2) is 24.7 Å². The first-order chi connectivity index (χ1) is 32.8. The minimum atomic E-state index is 0.458. The molecule has 0 aromatic carbocycles. The Balaban J connectivity index is 2.52. The molecule has 0 amide bonds. The highest BCUT2D eigenvalue weighted by Gasteiger charge is 2.24. The van der Waals surface area contributed by atoms with E-state index in [4.69, 9.17) is 9.47 Å². The van der Waals surface area contributed by atoms with Gasteiger partial charge in [0.05, 0.1) is 24.7 Å². The van der Waals surface area contributed by atoms with Crippen LogP contribution in [0.25, 0.3) is 0 Å². The first kappa shape index (κ1) is 63.7. The zero-order chi connectivity index (χ0) is 48.7. The van der Waals surface area contributed by atoms with Crippen LogP contribution in [-0.2, 0) is 14.3 Å². The van der Waals surface area contributed by atoms with Crippen molar-refractivity contribution in [1.82, 2.24) is 4.90 Å². The average molecular weight is 941 g/mol. The minimum Gasteiger partial charge on any atom is -0.499 e. The van der Waals surface area contributed by atoms with E-state index >= 15 is 0 Å². The molecule has 67 heavy (non-hydrogen) atoms. The molecule has 2 unspecified atom stereocenters. The lowest BCUT2D eigenvalue weighted by atomic mass is 9.89. The number of unbranched alkanes of at least 4 members (excludes halogenated alkanes) is 26. The number of ketones is 1. The van der Waals surface area contributed by atoms with E-state index in [1.807, 2.05) is 0 Å². The molecule has 0 aromatic heterocycles. The topological polar surface area (TPSA) is 38.8 Å². The predicted octanol–water partition coefficient (Wildman–Crippen LogP) is 20.7. The van der Waals surface area contributed by atoms with Gasteiger partial charge >= 0.3 is 0 Å². The van der Waals surface area contributed by atoms with Gasteiger partial charge in [-0.05, 0) is 76.3 Å². The van der Waals surface area contributed by atoms with Gasteiger partial charge in [0.25, 0.3) is 0 Å². The molecule has 1 saturated heterocycles. The maximum absolute atomic E-state index is 13.2. The Kier molecular flexibility index (Phi) is 46.0. The van der Waals surface area contributed by atoms with Crippen molar-refractivity contribution < 1.29 is 14.3 Å². The zero-order valence-corrected chi connectivity index (χ0v) is 46.5. The van der Waals surface area contributed by atoms with E-state index in [1.165, 1.54) is 225 Å². The van der Waals surface area contributed by atoms with E-state index in [0.717, 1.165) is 114 Å². The van der Waals surface area contributed by atoms with Crippen LogP contribution in [0.2, 0.25) is 0 Å². The summed E-state index contributed by atoms with van der Waals surface area (Å²) >= 11 is 0. The Morgan fingerprint density at radius 2 is 0.806 bits per heavy atom. The number of ether oxygens (including phenoxy) is 2. The van der Waals surface area contributed by atoms with Crippen LogP contribution in [-0.4, -0.2) is 44.0 Å². The molecule has 1 aliphatic rings.